The first-order valence-electron chi connectivity index (χ1n) is 8.64. The molecule has 4 rings (SSSR count). The molecule has 0 fully saturated rings. The average molecular weight is 389 g/mol. The van der Waals surface area contributed by atoms with Gasteiger partial charge in [0.25, 0.3) is 0 Å². The number of carbonyl (C=O) groups is 3. The molecular weight excluding hydrogens is 372 g/mol. The number of hydrogen-bond acceptors (Lipinski definition) is 6. The van der Waals surface area contributed by atoms with E-state index in [2.05, 4.69) is 5.32 Å². The number of hydrogen-bond donors (Lipinski definition) is 2. The largest absolute Gasteiger partial charge is 0.462 e. The quantitative estimate of drug-likeness (QED) is 0.753. The van der Waals surface area contributed by atoms with E-state index in [1.807, 2.05) is 0 Å². The van der Waals surface area contributed by atoms with Crippen molar-refractivity contribution in [1.82, 2.24) is 0 Å². The van der Waals surface area contributed by atoms with Crippen LogP contribution in [0.15, 0.2) is 41.0 Å². The molecule has 0 saturated heterocycles. The van der Waals surface area contributed by atoms with Crippen LogP contribution in [0.25, 0.3) is 0 Å². The molecule has 0 radical (unpaired) electrons. The lowest BCUT2D eigenvalue weighted by molar-refractivity contribution is -0.141. The molecule has 0 saturated carbocycles. The maximum absolute atomic E-state index is 13.3. The maximum Gasteiger partial charge on any atom is 0.341 e. The van der Waals surface area contributed by atoms with E-state index in [0.29, 0.717) is 34.9 Å². The molecule has 1 amide bonds. The van der Waals surface area contributed by atoms with Crippen LogP contribution in [0, 0.1) is 0 Å². The summed E-state index contributed by atoms with van der Waals surface area (Å²) in [6.45, 7) is 1.72. The van der Waals surface area contributed by atoms with Gasteiger partial charge in [-0.3, -0.25) is 9.59 Å². The zero-order valence-electron chi connectivity index (χ0n) is 14.6. The fraction of sp³-hybridized carbons (Fsp3) is 0.316. The smallest absolute Gasteiger partial charge is 0.341 e. The lowest BCUT2D eigenvalue weighted by atomic mass is 9.65. The number of rotatable bonds is 2. The standard InChI is InChI=1S/C19H17ClN2O5/c1-2-26-17(24)15-16(21)27-13-5-3-4-12(23)14(13)19(15)10-8-9(20)6-7-11(10)22-18(19)25/h6-8H,2-5,21H2,1H3,(H,22,25). The Morgan fingerprint density at radius 2 is 2.15 bits per heavy atom. The minimum absolute atomic E-state index is 0.0789. The predicted molar refractivity (Wildman–Crippen MR) is 96.6 cm³/mol. The molecule has 0 aromatic heterocycles. The summed E-state index contributed by atoms with van der Waals surface area (Å²) in [7, 11) is 0. The van der Waals surface area contributed by atoms with Crippen molar-refractivity contribution in [3.8, 4) is 0 Å². The van der Waals surface area contributed by atoms with E-state index in [4.69, 9.17) is 26.8 Å². The molecule has 27 heavy (non-hydrogen) atoms. The van der Waals surface area contributed by atoms with Gasteiger partial charge in [-0.25, -0.2) is 4.79 Å². The lowest BCUT2D eigenvalue weighted by Crippen LogP contribution is -2.49. The first-order valence-corrected chi connectivity index (χ1v) is 9.02. The summed E-state index contributed by atoms with van der Waals surface area (Å²) < 4.78 is 10.8. The third kappa shape index (κ3) is 2.31. The summed E-state index contributed by atoms with van der Waals surface area (Å²) in [6.07, 6.45) is 1.28. The minimum Gasteiger partial charge on any atom is -0.462 e. The third-order valence-electron chi connectivity index (χ3n) is 5.05. The summed E-state index contributed by atoms with van der Waals surface area (Å²) in [5.74, 6) is -1.52. The number of fused-ring (bicyclic) bond motifs is 3. The van der Waals surface area contributed by atoms with E-state index >= 15 is 0 Å². The fourth-order valence-electron chi connectivity index (χ4n) is 4.06. The number of Topliss-reactive ketones (excluding diaryl/α,β-unsaturated/α-hetero) is 1. The van der Waals surface area contributed by atoms with Crippen LogP contribution >= 0.6 is 11.6 Å². The Balaban J connectivity index is 2.08. The van der Waals surface area contributed by atoms with Crippen LogP contribution in [0.5, 0.6) is 0 Å². The Labute approximate surface area is 160 Å². The van der Waals surface area contributed by atoms with Crippen molar-refractivity contribution in [3.05, 3.63) is 51.6 Å². The van der Waals surface area contributed by atoms with Gasteiger partial charge < -0.3 is 20.5 Å². The van der Waals surface area contributed by atoms with Crippen LogP contribution in [-0.2, 0) is 29.3 Å². The number of nitrogens with two attached hydrogens (primary N) is 1. The lowest BCUT2D eigenvalue weighted by Gasteiger charge is -2.38. The molecule has 1 aromatic rings. The van der Waals surface area contributed by atoms with E-state index in [-0.39, 0.29) is 35.8 Å². The first-order chi connectivity index (χ1) is 12.9. The van der Waals surface area contributed by atoms with E-state index in [9.17, 15) is 14.4 Å². The molecule has 1 atom stereocenters. The number of amides is 1. The van der Waals surface area contributed by atoms with Gasteiger partial charge in [-0.15, -0.1) is 0 Å². The molecule has 3 aliphatic rings. The van der Waals surface area contributed by atoms with Crippen LogP contribution in [0.2, 0.25) is 5.02 Å². The van der Waals surface area contributed by atoms with Crippen LogP contribution in [0.4, 0.5) is 5.69 Å². The van der Waals surface area contributed by atoms with Gasteiger partial charge in [0.2, 0.25) is 11.8 Å². The number of benzene rings is 1. The van der Waals surface area contributed by atoms with E-state index in [1.165, 1.54) is 0 Å². The Kier molecular flexibility index (Phi) is 3.99. The second kappa shape index (κ2) is 6.13. The van der Waals surface area contributed by atoms with Crippen molar-refractivity contribution in [1.29, 1.82) is 0 Å². The zero-order chi connectivity index (χ0) is 19.3. The summed E-state index contributed by atoms with van der Waals surface area (Å²) in [5, 5.41) is 3.11. The number of halogens is 1. The van der Waals surface area contributed by atoms with E-state index < -0.39 is 17.3 Å². The molecular formula is C19H17ClN2O5. The maximum atomic E-state index is 13.3. The highest BCUT2D eigenvalue weighted by molar-refractivity contribution is 6.31. The second-order valence-electron chi connectivity index (χ2n) is 6.53. The number of esters is 1. The SMILES string of the molecule is CCOC(=O)C1=C(N)OC2=C(C(=O)CCC2)C12C(=O)Nc1ccc(Cl)cc12. The Morgan fingerprint density at radius 3 is 2.89 bits per heavy atom. The topological polar surface area (TPSA) is 108 Å². The number of ether oxygens (including phenoxy) is 2. The van der Waals surface area contributed by atoms with Gasteiger partial charge in [-0.2, -0.15) is 0 Å². The monoisotopic (exact) mass is 388 g/mol. The van der Waals surface area contributed by atoms with E-state index in [0.717, 1.165) is 0 Å². The second-order valence-corrected chi connectivity index (χ2v) is 6.97. The molecule has 1 spiro atoms. The number of anilines is 1. The molecule has 2 heterocycles. The number of allylic oxidation sites excluding steroid dienone is 1. The molecule has 3 N–H and O–H groups in total. The van der Waals surface area contributed by atoms with Crippen molar-refractivity contribution in [2.75, 3.05) is 11.9 Å². The molecule has 2 aliphatic heterocycles. The molecule has 1 unspecified atom stereocenters. The third-order valence-corrected chi connectivity index (χ3v) is 5.28. The fourth-order valence-corrected chi connectivity index (χ4v) is 4.23. The van der Waals surface area contributed by atoms with Gasteiger partial charge in [-0.1, -0.05) is 11.6 Å². The van der Waals surface area contributed by atoms with Crippen LogP contribution in [-0.4, -0.2) is 24.3 Å². The van der Waals surface area contributed by atoms with E-state index in [1.54, 1.807) is 25.1 Å². The summed E-state index contributed by atoms with van der Waals surface area (Å²) >= 11 is 6.18. The van der Waals surface area contributed by atoms with Gasteiger partial charge in [0.05, 0.1) is 12.2 Å². The molecule has 1 aromatic carbocycles. The van der Waals surface area contributed by atoms with Gasteiger partial charge in [0, 0.05) is 29.1 Å². The zero-order valence-corrected chi connectivity index (χ0v) is 15.3. The average Bonchev–Trinajstić information content (AvgIpc) is 2.87. The molecule has 140 valence electrons. The van der Waals surface area contributed by atoms with Gasteiger partial charge in [-0.05, 0) is 31.5 Å². The summed E-state index contributed by atoms with van der Waals surface area (Å²) in [6, 6.07) is 4.82. The molecule has 7 nitrogen and oxygen atoms in total. The highest BCUT2D eigenvalue weighted by Crippen LogP contribution is 2.54. The van der Waals surface area contributed by atoms with Crippen LogP contribution < -0.4 is 11.1 Å². The van der Waals surface area contributed by atoms with Crippen molar-refractivity contribution < 1.29 is 23.9 Å². The highest BCUT2D eigenvalue weighted by atomic mass is 35.5. The summed E-state index contributed by atoms with van der Waals surface area (Å²) in [5.41, 5.74) is 5.18. The first kappa shape index (κ1) is 17.6. The van der Waals surface area contributed by atoms with Crippen molar-refractivity contribution in [3.63, 3.8) is 0 Å². The Morgan fingerprint density at radius 1 is 1.37 bits per heavy atom. The van der Waals surface area contributed by atoms with Crippen molar-refractivity contribution in [2.24, 2.45) is 5.73 Å². The number of carbonyl (C=O) groups excluding carboxylic acids is 3. The van der Waals surface area contributed by atoms with Crippen molar-refractivity contribution in [2.45, 2.75) is 31.6 Å². The summed E-state index contributed by atoms with van der Waals surface area (Å²) in [4.78, 5) is 39.0. The molecule has 1 aliphatic carbocycles. The van der Waals surface area contributed by atoms with Crippen LogP contribution in [0.1, 0.15) is 31.7 Å². The van der Waals surface area contributed by atoms with Gasteiger partial charge in [0.1, 0.15) is 16.7 Å². The molecule has 0 bridgehead atoms. The highest BCUT2D eigenvalue weighted by Gasteiger charge is 2.61. The van der Waals surface area contributed by atoms with Gasteiger partial charge >= 0.3 is 5.97 Å². The molecule has 8 heteroatoms. The number of nitrogens with one attached hydrogen (secondary N) is 1. The minimum atomic E-state index is -1.72. The predicted octanol–water partition coefficient (Wildman–Crippen LogP) is 2.30. The Bertz CT molecular complexity index is 965. The Hall–Kier alpha value is -2.80. The normalized spacial score (nSPS) is 23.8. The van der Waals surface area contributed by atoms with Crippen LogP contribution in [0.3, 0.4) is 0 Å². The van der Waals surface area contributed by atoms with Gasteiger partial charge in [0.15, 0.2) is 5.78 Å². The van der Waals surface area contributed by atoms with Crippen molar-refractivity contribution >= 4 is 34.9 Å². The number of ketones is 1.